The number of H-pyrrole nitrogens is 1. The van der Waals surface area contributed by atoms with Crippen molar-refractivity contribution in [1.29, 1.82) is 0 Å². The van der Waals surface area contributed by atoms with E-state index in [0.717, 1.165) is 41.6 Å². The SMILES string of the molecule is O=C1O[C@@H](CNC(=O)C(F)(F)F)CN1c1ccc2c(c1)CCCc1cn[nH]c1-2. The Morgan fingerprint density at radius 3 is 2.89 bits per heavy atom. The molecule has 1 atom stereocenters. The van der Waals surface area contributed by atoms with Gasteiger partial charge in [-0.05, 0) is 42.5 Å². The Labute approximate surface area is 157 Å². The number of alkyl halides is 3. The molecule has 0 saturated carbocycles. The van der Waals surface area contributed by atoms with E-state index in [-0.39, 0.29) is 6.54 Å². The molecule has 2 amide bonds. The molecule has 0 bridgehead atoms. The number of hydrogen-bond donors (Lipinski definition) is 2. The van der Waals surface area contributed by atoms with E-state index in [1.807, 2.05) is 18.3 Å². The number of hydrogen-bond acceptors (Lipinski definition) is 4. The van der Waals surface area contributed by atoms with Crippen LogP contribution in [0.3, 0.4) is 0 Å². The smallest absolute Gasteiger partial charge is 0.442 e. The molecule has 2 N–H and O–H groups in total. The minimum absolute atomic E-state index is 0.0606. The number of carbonyl (C=O) groups excluding carboxylic acids is 2. The van der Waals surface area contributed by atoms with Gasteiger partial charge in [0.1, 0.15) is 6.10 Å². The van der Waals surface area contributed by atoms with Crippen molar-refractivity contribution in [3.8, 4) is 11.3 Å². The van der Waals surface area contributed by atoms with Crippen LogP contribution in [0.4, 0.5) is 23.7 Å². The molecule has 10 heteroatoms. The predicted molar refractivity (Wildman–Crippen MR) is 92.7 cm³/mol. The van der Waals surface area contributed by atoms with Gasteiger partial charge in [0.2, 0.25) is 0 Å². The molecule has 7 nitrogen and oxygen atoms in total. The highest BCUT2D eigenvalue weighted by atomic mass is 19.4. The summed E-state index contributed by atoms with van der Waals surface area (Å²) in [6.45, 7) is -0.339. The molecular weight excluding hydrogens is 377 g/mol. The summed E-state index contributed by atoms with van der Waals surface area (Å²) in [4.78, 5) is 24.5. The number of cyclic esters (lactones) is 1. The maximum absolute atomic E-state index is 12.3. The Balaban J connectivity index is 1.49. The van der Waals surface area contributed by atoms with Gasteiger partial charge in [0, 0.05) is 11.3 Å². The first-order chi connectivity index (χ1) is 13.3. The van der Waals surface area contributed by atoms with Crippen molar-refractivity contribution < 1.29 is 27.5 Å². The quantitative estimate of drug-likeness (QED) is 0.838. The topological polar surface area (TPSA) is 87.3 Å². The fraction of sp³-hybridized carbons (Fsp3) is 0.389. The maximum Gasteiger partial charge on any atom is 0.471 e. The van der Waals surface area contributed by atoms with E-state index in [9.17, 15) is 22.8 Å². The monoisotopic (exact) mass is 394 g/mol. The van der Waals surface area contributed by atoms with Crippen molar-refractivity contribution in [3.63, 3.8) is 0 Å². The lowest BCUT2D eigenvalue weighted by molar-refractivity contribution is -0.173. The number of carbonyl (C=O) groups is 2. The molecule has 148 valence electrons. The molecule has 1 aromatic heterocycles. The number of nitrogens with zero attached hydrogens (tertiary/aromatic N) is 2. The minimum Gasteiger partial charge on any atom is -0.442 e. The normalized spacial score (nSPS) is 18.9. The van der Waals surface area contributed by atoms with Gasteiger partial charge < -0.3 is 10.1 Å². The van der Waals surface area contributed by atoms with Crippen molar-refractivity contribution in [1.82, 2.24) is 15.5 Å². The molecule has 0 unspecified atom stereocenters. The highest BCUT2D eigenvalue weighted by molar-refractivity contribution is 5.90. The fourth-order valence-electron chi connectivity index (χ4n) is 3.55. The van der Waals surface area contributed by atoms with Gasteiger partial charge in [-0.3, -0.25) is 14.8 Å². The number of benzene rings is 1. The first kappa shape index (κ1) is 18.3. The van der Waals surface area contributed by atoms with Crippen molar-refractivity contribution >= 4 is 17.7 Å². The number of nitrogens with one attached hydrogen (secondary N) is 2. The van der Waals surface area contributed by atoms with E-state index in [1.54, 1.807) is 11.4 Å². The van der Waals surface area contributed by atoms with Crippen molar-refractivity contribution in [2.75, 3.05) is 18.0 Å². The molecule has 2 aromatic rings. The number of halogens is 3. The highest BCUT2D eigenvalue weighted by Crippen LogP contribution is 2.34. The first-order valence-corrected chi connectivity index (χ1v) is 8.81. The molecule has 1 saturated heterocycles. The van der Waals surface area contributed by atoms with E-state index in [2.05, 4.69) is 10.2 Å². The van der Waals surface area contributed by atoms with Crippen LogP contribution in [0, 0.1) is 0 Å². The zero-order chi connectivity index (χ0) is 19.9. The van der Waals surface area contributed by atoms with Crippen LogP contribution in [0.5, 0.6) is 0 Å². The Hall–Kier alpha value is -3.04. The summed E-state index contributed by atoms with van der Waals surface area (Å²) in [5.74, 6) is -2.05. The zero-order valence-electron chi connectivity index (χ0n) is 14.7. The van der Waals surface area contributed by atoms with Crippen LogP contribution in [0.1, 0.15) is 17.5 Å². The number of aromatic nitrogens is 2. The second-order valence-electron chi connectivity index (χ2n) is 6.79. The maximum atomic E-state index is 12.3. The van der Waals surface area contributed by atoms with Crippen molar-refractivity contribution in [2.45, 2.75) is 31.5 Å². The second kappa shape index (κ2) is 6.84. The number of rotatable bonds is 3. The number of anilines is 1. The molecular formula is C18H17F3N4O3. The van der Waals surface area contributed by atoms with Gasteiger partial charge in [-0.15, -0.1) is 0 Å². The molecule has 1 aromatic carbocycles. The highest BCUT2D eigenvalue weighted by Gasteiger charge is 2.40. The van der Waals surface area contributed by atoms with E-state index in [4.69, 9.17) is 4.74 Å². The average Bonchev–Trinajstić information content (AvgIpc) is 3.21. The van der Waals surface area contributed by atoms with Gasteiger partial charge in [-0.25, -0.2) is 4.79 Å². The average molecular weight is 394 g/mol. The van der Waals surface area contributed by atoms with Gasteiger partial charge in [0.25, 0.3) is 0 Å². The molecule has 0 radical (unpaired) electrons. The summed E-state index contributed by atoms with van der Waals surface area (Å²) < 4.78 is 41.9. The van der Waals surface area contributed by atoms with Crippen LogP contribution in [0.15, 0.2) is 24.4 Å². The van der Waals surface area contributed by atoms with Crippen LogP contribution in [-0.2, 0) is 22.4 Å². The molecule has 2 heterocycles. The van der Waals surface area contributed by atoms with Crippen LogP contribution in [0.25, 0.3) is 11.3 Å². The number of aromatic amines is 1. The van der Waals surface area contributed by atoms with E-state index >= 15 is 0 Å². The Kier molecular flexibility index (Phi) is 4.48. The molecule has 2 aliphatic rings. The molecule has 1 aliphatic carbocycles. The fourth-order valence-corrected chi connectivity index (χ4v) is 3.55. The minimum atomic E-state index is -4.97. The van der Waals surface area contributed by atoms with E-state index in [0.29, 0.717) is 5.69 Å². The molecule has 1 fully saturated rings. The largest absolute Gasteiger partial charge is 0.471 e. The standard InChI is InChI=1S/C18H17F3N4O3/c19-18(20,21)16(26)22-8-13-9-25(17(27)28-13)12-4-5-14-10(6-12)2-1-3-11-7-23-24-15(11)14/h4-7,13H,1-3,8-9H2,(H,22,26)(H,23,24)/t13-/m0/s1. The summed E-state index contributed by atoms with van der Waals surface area (Å²) in [6.07, 6.45) is -1.97. The summed E-state index contributed by atoms with van der Waals surface area (Å²) in [5.41, 5.74) is 4.80. The number of fused-ring (bicyclic) bond motifs is 3. The summed E-state index contributed by atoms with van der Waals surface area (Å²) >= 11 is 0. The van der Waals surface area contributed by atoms with Crippen LogP contribution in [0.2, 0.25) is 0 Å². The van der Waals surface area contributed by atoms with Gasteiger partial charge in [-0.1, -0.05) is 6.07 Å². The number of amides is 2. The third-order valence-electron chi connectivity index (χ3n) is 4.90. The summed E-state index contributed by atoms with van der Waals surface area (Å²) in [6, 6.07) is 5.56. The van der Waals surface area contributed by atoms with Crippen LogP contribution in [-0.4, -0.2) is 47.6 Å². The zero-order valence-corrected chi connectivity index (χ0v) is 14.7. The van der Waals surface area contributed by atoms with E-state index < -0.39 is 30.8 Å². The lowest BCUT2D eigenvalue weighted by Crippen LogP contribution is -2.41. The van der Waals surface area contributed by atoms with Gasteiger partial charge in [-0.2, -0.15) is 18.3 Å². The summed E-state index contributed by atoms with van der Waals surface area (Å²) in [7, 11) is 0. The van der Waals surface area contributed by atoms with Crippen LogP contribution >= 0.6 is 0 Å². The first-order valence-electron chi connectivity index (χ1n) is 8.81. The van der Waals surface area contributed by atoms with Crippen LogP contribution < -0.4 is 10.2 Å². The Morgan fingerprint density at radius 2 is 2.11 bits per heavy atom. The summed E-state index contributed by atoms with van der Waals surface area (Å²) in [5, 5.41) is 8.85. The third-order valence-corrected chi connectivity index (χ3v) is 4.90. The van der Waals surface area contributed by atoms with Gasteiger partial charge in [0.05, 0.1) is 25.0 Å². The van der Waals surface area contributed by atoms with Crippen molar-refractivity contribution in [3.05, 3.63) is 35.5 Å². The lowest BCUT2D eigenvalue weighted by atomic mass is 10.0. The number of aryl methyl sites for hydroxylation is 2. The molecule has 4 rings (SSSR count). The van der Waals surface area contributed by atoms with Crippen molar-refractivity contribution in [2.24, 2.45) is 0 Å². The predicted octanol–water partition coefficient (Wildman–Crippen LogP) is 2.57. The Morgan fingerprint density at radius 1 is 1.32 bits per heavy atom. The lowest BCUT2D eigenvalue weighted by Gasteiger charge is -2.16. The Bertz CT molecular complexity index is 925. The third kappa shape index (κ3) is 3.41. The number of ether oxygens (including phenoxy) is 1. The van der Waals surface area contributed by atoms with Gasteiger partial charge >= 0.3 is 18.2 Å². The molecule has 1 aliphatic heterocycles. The van der Waals surface area contributed by atoms with Gasteiger partial charge in [0.15, 0.2) is 0 Å². The molecule has 28 heavy (non-hydrogen) atoms. The van der Waals surface area contributed by atoms with E-state index in [1.165, 1.54) is 4.90 Å². The molecule has 0 spiro atoms. The second-order valence-corrected chi connectivity index (χ2v) is 6.79.